The van der Waals surface area contributed by atoms with E-state index in [4.69, 9.17) is 9.84 Å². The van der Waals surface area contributed by atoms with Crippen molar-refractivity contribution in [2.45, 2.75) is 0 Å². The van der Waals surface area contributed by atoms with Gasteiger partial charge in [-0.1, -0.05) is 6.08 Å². The van der Waals surface area contributed by atoms with E-state index in [1.807, 2.05) is 4.90 Å². The quantitative estimate of drug-likeness (QED) is 0.392. The molecule has 0 saturated heterocycles. The first-order valence-electron chi connectivity index (χ1n) is 4.94. The minimum Gasteiger partial charge on any atom is -0.395 e. The van der Waals surface area contributed by atoms with Crippen LogP contribution in [0, 0.1) is 0 Å². The largest absolute Gasteiger partial charge is 0.395 e. The Bertz CT molecular complexity index is 186. The number of hydrogen-bond donors (Lipinski definition) is 2. The van der Waals surface area contributed by atoms with Crippen molar-refractivity contribution in [1.82, 2.24) is 10.2 Å². The molecule has 0 aromatic carbocycles. The summed E-state index contributed by atoms with van der Waals surface area (Å²) in [5.41, 5.74) is 0. The number of nitrogens with one attached hydrogen (secondary N) is 1. The van der Waals surface area contributed by atoms with E-state index >= 15 is 0 Å². The van der Waals surface area contributed by atoms with Crippen LogP contribution in [0.5, 0.6) is 0 Å². The number of hydrogen-bond acceptors (Lipinski definition) is 4. The second kappa shape index (κ2) is 9.64. The lowest BCUT2D eigenvalue weighted by molar-refractivity contribution is -0.122. The van der Waals surface area contributed by atoms with Crippen molar-refractivity contribution < 1.29 is 14.6 Å². The number of aliphatic hydroxyl groups is 1. The van der Waals surface area contributed by atoms with Gasteiger partial charge < -0.3 is 15.2 Å². The van der Waals surface area contributed by atoms with E-state index in [1.54, 1.807) is 13.2 Å². The van der Waals surface area contributed by atoms with Gasteiger partial charge >= 0.3 is 0 Å². The SMILES string of the molecule is C=CCN(CCO)CC(=O)NCCOC. The van der Waals surface area contributed by atoms with Gasteiger partial charge in [0.15, 0.2) is 0 Å². The van der Waals surface area contributed by atoms with Gasteiger partial charge in [0.1, 0.15) is 0 Å². The molecule has 15 heavy (non-hydrogen) atoms. The highest BCUT2D eigenvalue weighted by molar-refractivity contribution is 5.77. The van der Waals surface area contributed by atoms with Gasteiger partial charge in [0.2, 0.25) is 5.91 Å². The number of amides is 1. The first kappa shape index (κ1) is 14.1. The zero-order chi connectivity index (χ0) is 11.5. The topological polar surface area (TPSA) is 61.8 Å². The molecular weight excluding hydrogens is 196 g/mol. The molecule has 0 bridgehead atoms. The monoisotopic (exact) mass is 216 g/mol. The van der Waals surface area contributed by atoms with Gasteiger partial charge in [-0.3, -0.25) is 9.69 Å². The first-order chi connectivity index (χ1) is 7.24. The van der Waals surface area contributed by atoms with Gasteiger partial charge in [-0.15, -0.1) is 6.58 Å². The Morgan fingerprint density at radius 3 is 2.93 bits per heavy atom. The van der Waals surface area contributed by atoms with E-state index in [0.29, 0.717) is 26.2 Å². The number of nitrogens with zero attached hydrogens (tertiary/aromatic N) is 1. The standard InChI is InChI=1S/C10H20N2O3/c1-3-5-12(6-7-13)9-10(14)11-4-8-15-2/h3,13H,1,4-9H2,2H3,(H,11,14). The molecule has 88 valence electrons. The number of rotatable bonds is 9. The molecule has 0 saturated carbocycles. The number of carbonyl (C=O) groups excluding carboxylic acids is 1. The molecular formula is C10H20N2O3. The number of aliphatic hydroxyl groups excluding tert-OH is 1. The van der Waals surface area contributed by atoms with Crippen molar-refractivity contribution in [2.75, 3.05) is 46.5 Å². The maximum atomic E-state index is 11.4. The van der Waals surface area contributed by atoms with Crippen molar-refractivity contribution in [3.63, 3.8) is 0 Å². The Balaban J connectivity index is 3.72. The zero-order valence-corrected chi connectivity index (χ0v) is 9.24. The molecule has 0 unspecified atom stereocenters. The molecule has 0 aliphatic carbocycles. The van der Waals surface area contributed by atoms with E-state index < -0.39 is 0 Å². The number of methoxy groups -OCH3 is 1. The Labute approximate surface area is 90.7 Å². The lowest BCUT2D eigenvalue weighted by Crippen LogP contribution is -2.39. The summed E-state index contributed by atoms with van der Waals surface area (Å²) < 4.78 is 4.81. The highest BCUT2D eigenvalue weighted by atomic mass is 16.5. The fraction of sp³-hybridized carbons (Fsp3) is 0.700. The predicted molar refractivity (Wildman–Crippen MR) is 58.6 cm³/mol. The van der Waals surface area contributed by atoms with E-state index in [9.17, 15) is 4.79 Å². The van der Waals surface area contributed by atoms with Crippen LogP contribution in [0.25, 0.3) is 0 Å². The Kier molecular flexibility index (Phi) is 9.05. The van der Waals surface area contributed by atoms with Gasteiger partial charge in [0.05, 0.1) is 19.8 Å². The summed E-state index contributed by atoms with van der Waals surface area (Å²) >= 11 is 0. The second-order valence-corrected chi connectivity index (χ2v) is 3.09. The maximum absolute atomic E-state index is 11.4. The van der Waals surface area contributed by atoms with Crippen molar-refractivity contribution >= 4 is 5.91 Å². The molecule has 0 atom stereocenters. The van der Waals surface area contributed by atoms with E-state index in [-0.39, 0.29) is 19.1 Å². The molecule has 0 fully saturated rings. The molecule has 5 nitrogen and oxygen atoms in total. The summed E-state index contributed by atoms with van der Waals surface area (Å²) in [4.78, 5) is 13.2. The number of carbonyl (C=O) groups is 1. The average Bonchev–Trinajstić information content (AvgIpc) is 2.19. The Hall–Kier alpha value is -0.910. The normalized spacial score (nSPS) is 10.3. The smallest absolute Gasteiger partial charge is 0.234 e. The third-order valence-electron chi connectivity index (χ3n) is 1.80. The molecule has 0 spiro atoms. The molecule has 0 aliphatic rings. The second-order valence-electron chi connectivity index (χ2n) is 3.09. The highest BCUT2D eigenvalue weighted by Crippen LogP contribution is 1.87. The third kappa shape index (κ3) is 8.11. The van der Waals surface area contributed by atoms with E-state index in [2.05, 4.69) is 11.9 Å². The van der Waals surface area contributed by atoms with Crippen LogP contribution in [0.15, 0.2) is 12.7 Å². The summed E-state index contributed by atoms with van der Waals surface area (Å²) in [6.45, 7) is 5.99. The minimum atomic E-state index is -0.0673. The van der Waals surface area contributed by atoms with Crippen LogP contribution in [0.2, 0.25) is 0 Å². The molecule has 5 heteroatoms. The molecule has 0 aromatic rings. The Morgan fingerprint density at radius 1 is 1.67 bits per heavy atom. The lowest BCUT2D eigenvalue weighted by Gasteiger charge is -2.18. The summed E-state index contributed by atoms with van der Waals surface area (Å²) in [5.74, 6) is -0.0673. The van der Waals surface area contributed by atoms with Crippen LogP contribution in [0.3, 0.4) is 0 Å². The first-order valence-corrected chi connectivity index (χ1v) is 4.94. The van der Waals surface area contributed by atoms with Gasteiger partial charge in [-0.05, 0) is 0 Å². The van der Waals surface area contributed by atoms with Crippen LogP contribution < -0.4 is 5.32 Å². The highest BCUT2D eigenvalue weighted by Gasteiger charge is 2.07. The predicted octanol–water partition coefficient (Wildman–Crippen LogP) is -0.771. The number of ether oxygens (including phenoxy) is 1. The molecule has 0 rings (SSSR count). The van der Waals surface area contributed by atoms with Crippen molar-refractivity contribution in [3.05, 3.63) is 12.7 Å². The molecule has 0 aromatic heterocycles. The van der Waals surface area contributed by atoms with Crippen LogP contribution in [-0.4, -0.2) is 62.4 Å². The van der Waals surface area contributed by atoms with Crippen LogP contribution in [0.1, 0.15) is 0 Å². The Morgan fingerprint density at radius 2 is 2.40 bits per heavy atom. The molecule has 0 aliphatic heterocycles. The van der Waals surface area contributed by atoms with Gasteiger partial charge in [0.25, 0.3) is 0 Å². The fourth-order valence-electron chi connectivity index (χ4n) is 1.11. The van der Waals surface area contributed by atoms with Crippen molar-refractivity contribution in [1.29, 1.82) is 0 Å². The average molecular weight is 216 g/mol. The summed E-state index contributed by atoms with van der Waals surface area (Å²) in [7, 11) is 1.59. The van der Waals surface area contributed by atoms with Crippen LogP contribution >= 0.6 is 0 Å². The third-order valence-corrected chi connectivity index (χ3v) is 1.80. The van der Waals surface area contributed by atoms with Crippen molar-refractivity contribution in [2.24, 2.45) is 0 Å². The molecule has 2 N–H and O–H groups in total. The van der Waals surface area contributed by atoms with Gasteiger partial charge in [-0.2, -0.15) is 0 Å². The zero-order valence-electron chi connectivity index (χ0n) is 9.24. The van der Waals surface area contributed by atoms with Crippen LogP contribution in [0.4, 0.5) is 0 Å². The van der Waals surface area contributed by atoms with E-state index in [0.717, 1.165) is 0 Å². The molecule has 0 heterocycles. The van der Waals surface area contributed by atoms with E-state index in [1.165, 1.54) is 0 Å². The molecule has 0 radical (unpaired) electrons. The summed E-state index contributed by atoms with van der Waals surface area (Å²) in [6.07, 6.45) is 1.71. The fourth-order valence-corrected chi connectivity index (χ4v) is 1.11. The van der Waals surface area contributed by atoms with Crippen molar-refractivity contribution in [3.8, 4) is 0 Å². The van der Waals surface area contributed by atoms with Gasteiger partial charge in [-0.25, -0.2) is 0 Å². The van der Waals surface area contributed by atoms with Gasteiger partial charge in [0, 0.05) is 26.7 Å². The van der Waals surface area contributed by atoms with Crippen LogP contribution in [-0.2, 0) is 9.53 Å². The maximum Gasteiger partial charge on any atom is 0.234 e. The summed E-state index contributed by atoms with van der Waals surface area (Å²) in [5, 5.41) is 11.5. The summed E-state index contributed by atoms with van der Waals surface area (Å²) in [6, 6.07) is 0. The minimum absolute atomic E-state index is 0.0409. The molecule has 1 amide bonds. The lowest BCUT2D eigenvalue weighted by atomic mass is 10.4.